The number of hydrogen-bond donors (Lipinski definition) is 2. The number of rotatable bonds is 3. The van der Waals surface area contributed by atoms with E-state index >= 15 is 0 Å². The van der Waals surface area contributed by atoms with Crippen molar-refractivity contribution in [1.29, 1.82) is 0 Å². The lowest BCUT2D eigenvalue weighted by atomic mass is 10.2. The molecule has 3 aromatic rings. The van der Waals surface area contributed by atoms with Crippen molar-refractivity contribution in [3.8, 4) is 0 Å². The Hall–Kier alpha value is -2.88. The maximum atomic E-state index is 11.1. The number of nitrogens with zero attached hydrogens (tertiary/aromatic N) is 1. The minimum absolute atomic E-state index is 0.0797. The Balaban J connectivity index is 1.86. The molecule has 0 bridgehead atoms. The molecule has 0 fully saturated rings. The molecule has 104 valence electrons. The smallest absolute Gasteiger partial charge is 0.221 e. The summed E-state index contributed by atoms with van der Waals surface area (Å²) in [6.45, 7) is 1.50. The summed E-state index contributed by atoms with van der Waals surface area (Å²) >= 11 is 0. The third-order valence-electron chi connectivity index (χ3n) is 3.07. The van der Waals surface area contributed by atoms with Gasteiger partial charge in [-0.1, -0.05) is 12.1 Å². The van der Waals surface area contributed by atoms with Crippen LogP contribution in [0.3, 0.4) is 0 Å². The van der Waals surface area contributed by atoms with Crippen molar-refractivity contribution >= 4 is 33.9 Å². The van der Waals surface area contributed by atoms with E-state index in [1.54, 1.807) is 6.20 Å². The number of benzene rings is 2. The third-order valence-corrected chi connectivity index (χ3v) is 3.07. The van der Waals surface area contributed by atoms with Gasteiger partial charge in [0, 0.05) is 35.6 Å². The maximum absolute atomic E-state index is 11.1. The van der Waals surface area contributed by atoms with E-state index in [1.807, 2.05) is 54.6 Å². The second-order valence-electron chi connectivity index (χ2n) is 4.80. The minimum Gasteiger partial charge on any atom is -0.355 e. The molecule has 0 radical (unpaired) electrons. The lowest BCUT2D eigenvalue weighted by Gasteiger charge is -2.09. The van der Waals surface area contributed by atoms with Crippen LogP contribution in [0.5, 0.6) is 0 Å². The highest BCUT2D eigenvalue weighted by Crippen LogP contribution is 2.23. The molecule has 0 saturated carbocycles. The lowest BCUT2D eigenvalue weighted by Crippen LogP contribution is -2.05. The Morgan fingerprint density at radius 2 is 1.76 bits per heavy atom. The van der Waals surface area contributed by atoms with Crippen LogP contribution in [0, 0.1) is 0 Å². The Morgan fingerprint density at radius 1 is 0.952 bits per heavy atom. The van der Waals surface area contributed by atoms with Gasteiger partial charge in [0.2, 0.25) is 5.91 Å². The quantitative estimate of drug-likeness (QED) is 0.762. The average Bonchev–Trinajstić information content (AvgIpc) is 2.47. The van der Waals surface area contributed by atoms with Crippen LogP contribution in [-0.2, 0) is 4.79 Å². The fourth-order valence-electron chi connectivity index (χ4n) is 2.20. The second kappa shape index (κ2) is 5.63. The normalized spacial score (nSPS) is 10.3. The zero-order valence-electron chi connectivity index (χ0n) is 11.6. The molecular weight excluding hydrogens is 262 g/mol. The zero-order chi connectivity index (χ0) is 14.7. The standard InChI is InChI=1S/C17H15N3O/c1-12(21)19-14-5-2-6-15(11-14)20-16-7-8-17-13(10-16)4-3-9-18-17/h2-11,20H,1H3,(H,19,21). The van der Waals surface area contributed by atoms with E-state index in [9.17, 15) is 4.79 Å². The summed E-state index contributed by atoms with van der Waals surface area (Å²) in [5.41, 5.74) is 3.64. The molecule has 1 amide bonds. The van der Waals surface area contributed by atoms with Crippen LogP contribution in [0.4, 0.5) is 17.1 Å². The van der Waals surface area contributed by atoms with Gasteiger partial charge in [-0.3, -0.25) is 9.78 Å². The fourth-order valence-corrected chi connectivity index (χ4v) is 2.20. The molecule has 0 atom stereocenters. The Labute approximate surface area is 122 Å². The summed E-state index contributed by atoms with van der Waals surface area (Å²) in [4.78, 5) is 15.4. The van der Waals surface area contributed by atoms with Crippen LogP contribution >= 0.6 is 0 Å². The molecule has 2 N–H and O–H groups in total. The van der Waals surface area contributed by atoms with Crippen LogP contribution < -0.4 is 10.6 Å². The van der Waals surface area contributed by atoms with Crippen molar-refractivity contribution in [2.24, 2.45) is 0 Å². The molecule has 4 heteroatoms. The number of aromatic nitrogens is 1. The molecule has 0 aliphatic rings. The van der Waals surface area contributed by atoms with E-state index in [2.05, 4.69) is 15.6 Å². The molecule has 0 aliphatic heterocycles. The van der Waals surface area contributed by atoms with E-state index in [1.165, 1.54) is 6.92 Å². The third kappa shape index (κ3) is 3.17. The van der Waals surface area contributed by atoms with Crippen LogP contribution in [-0.4, -0.2) is 10.9 Å². The van der Waals surface area contributed by atoms with Crippen LogP contribution in [0.1, 0.15) is 6.92 Å². The number of amides is 1. The molecule has 3 rings (SSSR count). The molecule has 21 heavy (non-hydrogen) atoms. The Kier molecular flexibility index (Phi) is 3.51. The number of carbonyl (C=O) groups excluding carboxylic acids is 1. The molecule has 1 aromatic heterocycles. The summed E-state index contributed by atoms with van der Waals surface area (Å²) in [6.07, 6.45) is 1.78. The van der Waals surface area contributed by atoms with Gasteiger partial charge in [0.25, 0.3) is 0 Å². The summed E-state index contributed by atoms with van der Waals surface area (Å²) in [6, 6.07) is 17.6. The summed E-state index contributed by atoms with van der Waals surface area (Å²) in [7, 11) is 0. The number of anilines is 3. The first-order valence-electron chi connectivity index (χ1n) is 6.70. The number of pyridine rings is 1. The van der Waals surface area contributed by atoms with E-state index in [0.29, 0.717) is 0 Å². The van der Waals surface area contributed by atoms with Crippen LogP contribution in [0.2, 0.25) is 0 Å². The minimum atomic E-state index is -0.0797. The average molecular weight is 277 g/mol. The first-order chi connectivity index (χ1) is 10.2. The largest absolute Gasteiger partial charge is 0.355 e. The first kappa shape index (κ1) is 13.1. The molecule has 0 spiro atoms. The van der Waals surface area contributed by atoms with Crippen LogP contribution in [0.25, 0.3) is 10.9 Å². The number of carbonyl (C=O) groups is 1. The van der Waals surface area contributed by atoms with E-state index < -0.39 is 0 Å². The van der Waals surface area contributed by atoms with E-state index in [4.69, 9.17) is 0 Å². The predicted octanol–water partition coefficient (Wildman–Crippen LogP) is 3.94. The summed E-state index contributed by atoms with van der Waals surface area (Å²) in [5, 5.41) is 7.19. The topological polar surface area (TPSA) is 54.0 Å². The van der Waals surface area contributed by atoms with Crippen molar-refractivity contribution < 1.29 is 4.79 Å². The second-order valence-corrected chi connectivity index (χ2v) is 4.80. The Morgan fingerprint density at radius 3 is 2.62 bits per heavy atom. The molecular formula is C17H15N3O. The van der Waals surface area contributed by atoms with E-state index in [0.717, 1.165) is 28.0 Å². The highest BCUT2D eigenvalue weighted by Gasteiger charge is 2.00. The van der Waals surface area contributed by atoms with Crippen molar-refractivity contribution in [3.63, 3.8) is 0 Å². The molecule has 2 aromatic carbocycles. The van der Waals surface area contributed by atoms with Crippen molar-refractivity contribution in [3.05, 3.63) is 60.8 Å². The number of hydrogen-bond acceptors (Lipinski definition) is 3. The van der Waals surface area contributed by atoms with Crippen molar-refractivity contribution in [2.45, 2.75) is 6.92 Å². The monoisotopic (exact) mass is 277 g/mol. The van der Waals surface area contributed by atoms with Gasteiger partial charge < -0.3 is 10.6 Å². The van der Waals surface area contributed by atoms with Gasteiger partial charge in [0.05, 0.1) is 5.52 Å². The molecule has 0 unspecified atom stereocenters. The Bertz CT molecular complexity index is 799. The van der Waals surface area contributed by atoms with Crippen molar-refractivity contribution in [1.82, 2.24) is 4.98 Å². The maximum Gasteiger partial charge on any atom is 0.221 e. The number of nitrogens with one attached hydrogen (secondary N) is 2. The fraction of sp³-hybridized carbons (Fsp3) is 0.0588. The molecule has 0 saturated heterocycles. The van der Waals surface area contributed by atoms with Gasteiger partial charge in [0.1, 0.15) is 0 Å². The molecule has 4 nitrogen and oxygen atoms in total. The van der Waals surface area contributed by atoms with Gasteiger partial charge >= 0.3 is 0 Å². The van der Waals surface area contributed by atoms with Gasteiger partial charge in [-0.05, 0) is 42.5 Å². The highest BCUT2D eigenvalue weighted by atomic mass is 16.1. The van der Waals surface area contributed by atoms with Gasteiger partial charge in [-0.15, -0.1) is 0 Å². The van der Waals surface area contributed by atoms with Gasteiger partial charge in [-0.25, -0.2) is 0 Å². The summed E-state index contributed by atoms with van der Waals surface area (Å²) in [5.74, 6) is -0.0797. The van der Waals surface area contributed by atoms with Crippen LogP contribution in [0.15, 0.2) is 60.8 Å². The highest BCUT2D eigenvalue weighted by molar-refractivity contribution is 5.89. The lowest BCUT2D eigenvalue weighted by molar-refractivity contribution is -0.114. The first-order valence-corrected chi connectivity index (χ1v) is 6.70. The number of fused-ring (bicyclic) bond motifs is 1. The molecule has 1 heterocycles. The summed E-state index contributed by atoms with van der Waals surface area (Å²) < 4.78 is 0. The van der Waals surface area contributed by atoms with E-state index in [-0.39, 0.29) is 5.91 Å². The van der Waals surface area contributed by atoms with Gasteiger partial charge in [-0.2, -0.15) is 0 Å². The zero-order valence-corrected chi connectivity index (χ0v) is 11.6. The predicted molar refractivity (Wildman–Crippen MR) is 85.8 cm³/mol. The van der Waals surface area contributed by atoms with Crippen molar-refractivity contribution in [2.75, 3.05) is 10.6 Å². The SMILES string of the molecule is CC(=O)Nc1cccc(Nc2ccc3ncccc3c2)c1. The molecule has 0 aliphatic carbocycles. The van der Waals surface area contributed by atoms with Gasteiger partial charge in [0.15, 0.2) is 0 Å².